The number of benzene rings is 1. The van der Waals surface area contributed by atoms with Crippen molar-refractivity contribution in [1.29, 1.82) is 0 Å². The molecule has 1 aliphatic rings. The molecule has 0 spiro atoms. The van der Waals surface area contributed by atoms with E-state index in [1.807, 2.05) is 18.4 Å². The molecule has 1 aromatic heterocycles. The van der Waals surface area contributed by atoms with Crippen LogP contribution in [0.1, 0.15) is 17.5 Å². The molecule has 1 amide bonds. The van der Waals surface area contributed by atoms with E-state index in [1.54, 1.807) is 25.3 Å². The second-order valence-corrected chi connectivity index (χ2v) is 7.24. The SMILES string of the molecule is CN(C)C(=O)CO[C@H]1CCN(Cc2ccoc2)C[C@@H]1Cc1ccccc1. The third kappa shape index (κ3) is 5.19. The van der Waals surface area contributed by atoms with Crippen LogP contribution in [0.3, 0.4) is 0 Å². The van der Waals surface area contributed by atoms with Gasteiger partial charge in [-0.25, -0.2) is 0 Å². The average Bonchev–Trinajstić information content (AvgIpc) is 3.14. The zero-order valence-corrected chi connectivity index (χ0v) is 15.6. The van der Waals surface area contributed by atoms with Crippen LogP contribution in [-0.4, -0.2) is 55.6 Å². The smallest absolute Gasteiger partial charge is 0.248 e. The Labute approximate surface area is 155 Å². The van der Waals surface area contributed by atoms with E-state index in [2.05, 4.69) is 29.2 Å². The predicted molar refractivity (Wildman–Crippen MR) is 101 cm³/mol. The Morgan fingerprint density at radius 2 is 2.04 bits per heavy atom. The van der Waals surface area contributed by atoms with Crippen molar-refractivity contribution in [3.8, 4) is 0 Å². The van der Waals surface area contributed by atoms with Gasteiger partial charge >= 0.3 is 0 Å². The predicted octanol–water partition coefficient (Wildman–Crippen LogP) is 2.82. The monoisotopic (exact) mass is 356 g/mol. The first-order valence-electron chi connectivity index (χ1n) is 9.21. The first kappa shape index (κ1) is 18.7. The minimum Gasteiger partial charge on any atom is -0.472 e. The molecule has 26 heavy (non-hydrogen) atoms. The Morgan fingerprint density at radius 3 is 2.73 bits per heavy atom. The van der Waals surface area contributed by atoms with E-state index in [0.29, 0.717) is 5.92 Å². The summed E-state index contributed by atoms with van der Waals surface area (Å²) in [6.45, 7) is 2.98. The number of hydrogen-bond acceptors (Lipinski definition) is 4. The molecule has 5 heteroatoms. The Morgan fingerprint density at radius 1 is 1.23 bits per heavy atom. The fraction of sp³-hybridized carbons (Fsp3) is 0.476. The fourth-order valence-corrected chi connectivity index (χ4v) is 3.51. The summed E-state index contributed by atoms with van der Waals surface area (Å²) in [4.78, 5) is 15.9. The number of carbonyl (C=O) groups excluding carboxylic acids is 1. The fourth-order valence-electron chi connectivity index (χ4n) is 3.51. The van der Waals surface area contributed by atoms with Gasteiger partial charge in [0.15, 0.2) is 0 Å². The van der Waals surface area contributed by atoms with Gasteiger partial charge in [0, 0.05) is 45.2 Å². The van der Waals surface area contributed by atoms with E-state index >= 15 is 0 Å². The van der Waals surface area contributed by atoms with Crippen LogP contribution < -0.4 is 0 Å². The Bertz CT molecular complexity index is 670. The third-order valence-corrected chi connectivity index (χ3v) is 5.00. The average molecular weight is 356 g/mol. The number of rotatable bonds is 7. The highest BCUT2D eigenvalue weighted by Crippen LogP contribution is 2.25. The van der Waals surface area contributed by atoms with Crippen molar-refractivity contribution in [3.05, 3.63) is 60.1 Å². The molecule has 0 N–H and O–H groups in total. The van der Waals surface area contributed by atoms with Crippen molar-refractivity contribution in [2.75, 3.05) is 33.8 Å². The van der Waals surface area contributed by atoms with Crippen LogP contribution >= 0.6 is 0 Å². The number of likely N-dealkylation sites (tertiary alicyclic amines) is 1. The Balaban J connectivity index is 1.64. The number of hydrogen-bond donors (Lipinski definition) is 0. The summed E-state index contributed by atoms with van der Waals surface area (Å²) in [7, 11) is 3.53. The first-order chi connectivity index (χ1) is 12.6. The van der Waals surface area contributed by atoms with E-state index in [4.69, 9.17) is 9.15 Å². The molecule has 1 saturated heterocycles. The van der Waals surface area contributed by atoms with Gasteiger partial charge in [-0.2, -0.15) is 0 Å². The molecule has 0 bridgehead atoms. The van der Waals surface area contributed by atoms with Crippen molar-refractivity contribution in [2.24, 2.45) is 5.92 Å². The van der Waals surface area contributed by atoms with E-state index < -0.39 is 0 Å². The summed E-state index contributed by atoms with van der Waals surface area (Å²) in [6.07, 6.45) is 5.55. The van der Waals surface area contributed by atoms with Gasteiger partial charge in [0.05, 0.1) is 18.6 Å². The molecule has 140 valence electrons. The quantitative estimate of drug-likeness (QED) is 0.765. The molecular weight excluding hydrogens is 328 g/mol. The Kier molecular flexibility index (Phi) is 6.47. The van der Waals surface area contributed by atoms with Crippen LogP contribution in [0.2, 0.25) is 0 Å². The number of piperidine rings is 1. The van der Waals surface area contributed by atoms with Gasteiger partial charge in [-0.1, -0.05) is 30.3 Å². The molecule has 0 radical (unpaired) electrons. The Hall–Kier alpha value is -2.11. The summed E-state index contributed by atoms with van der Waals surface area (Å²) >= 11 is 0. The highest BCUT2D eigenvalue weighted by Gasteiger charge is 2.30. The number of carbonyl (C=O) groups is 1. The van der Waals surface area contributed by atoms with Gasteiger partial charge < -0.3 is 14.1 Å². The number of likely N-dealkylation sites (N-methyl/N-ethyl adjacent to an activating group) is 1. The standard InChI is InChI=1S/C21H28N2O3/c1-22(2)21(24)16-26-20-8-10-23(13-18-9-11-25-15-18)14-19(20)12-17-6-4-3-5-7-17/h3-7,9,11,15,19-20H,8,10,12-14,16H2,1-2H3/t19-,20-/m0/s1. The lowest BCUT2D eigenvalue weighted by atomic mass is 9.88. The highest BCUT2D eigenvalue weighted by molar-refractivity contribution is 5.76. The van der Waals surface area contributed by atoms with Crippen LogP contribution in [0.5, 0.6) is 0 Å². The molecular formula is C21H28N2O3. The minimum absolute atomic E-state index is 0.0179. The molecule has 1 aliphatic heterocycles. The highest BCUT2D eigenvalue weighted by atomic mass is 16.5. The summed E-state index contributed by atoms with van der Waals surface area (Å²) in [5, 5.41) is 0. The minimum atomic E-state index is 0.0179. The van der Waals surface area contributed by atoms with E-state index in [1.165, 1.54) is 11.1 Å². The molecule has 1 fully saturated rings. The number of nitrogens with zero attached hydrogens (tertiary/aromatic N) is 2. The second-order valence-electron chi connectivity index (χ2n) is 7.24. The molecule has 2 heterocycles. The van der Waals surface area contributed by atoms with Crippen LogP contribution in [0.15, 0.2) is 53.3 Å². The van der Waals surface area contributed by atoms with Crippen LogP contribution in [-0.2, 0) is 22.5 Å². The molecule has 5 nitrogen and oxygen atoms in total. The van der Waals surface area contributed by atoms with Crippen molar-refractivity contribution >= 4 is 5.91 Å². The molecule has 0 saturated carbocycles. The molecule has 0 unspecified atom stereocenters. The zero-order valence-electron chi connectivity index (χ0n) is 15.6. The summed E-state index contributed by atoms with van der Waals surface area (Å²) in [6, 6.07) is 12.5. The lowest BCUT2D eigenvalue weighted by molar-refractivity contribution is -0.138. The van der Waals surface area contributed by atoms with Gasteiger partial charge in [-0.05, 0) is 24.5 Å². The van der Waals surface area contributed by atoms with Crippen LogP contribution in [0, 0.1) is 5.92 Å². The first-order valence-corrected chi connectivity index (χ1v) is 9.21. The summed E-state index contributed by atoms with van der Waals surface area (Å²) < 4.78 is 11.2. The maximum absolute atomic E-state index is 11.9. The van der Waals surface area contributed by atoms with E-state index in [9.17, 15) is 4.79 Å². The van der Waals surface area contributed by atoms with Crippen molar-refractivity contribution in [1.82, 2.24) is 9.80 Å². The zero-order chi connectivity index (χ0) is 18.4. The molecule has 0 aliphatic carbocycles. The molecule has 1 aromatic carbocycles. The number of ether oxygens (including phenoxy) is 1. The van der Waals surface area contributed by atoms with Gasteiger partial charge in [0.1, 0.15) is 6.61 Å². The third-order valence-electron chi connectivity index (χ3n) is 5.00. The van der Waals surface area contributed by atoms with Gasteiger partial charge in [-0.3, -0.25) is 9.69 Å². The topological polar surface area (TPSA) is 45.9 Å². The number of furan rings is 1. The summed E-state index contributed by atoms with van der Waals surface area (Å²) in [5.74, 6) is 0.386. The van der Waals surface area contributed by atoms with Crippen molar-refractivity contribution in [2.45, 2.75) is 25.5 Å². The molecule has 3 rings (SSSR count). The largest absolute Gasteiger partial charge is 0.472 e. The maximum Gasteiger partial charge on any atom is 0.248 e. The molecule has 2 aromatic rings. The van der Waals surface area contributed by atoms with Crippen LogP contribution in [0.25, 0.3) is 0 Å². The lowest BCUT2D eigenvalue weighted by Gasteiger charge is -2.38. The number of amides is 1. The van der Waals surface area contributed by atoms with E-state index in [0.717, 1.165) is 32.5 Å². The normalized spacial score (nSPS) is 20.8. The van der Waals surface area contributed by atoms with Crippen molar-refractivity contribution in [3.63, 3.8) is 0 Å². The van der Waals surface area contributed by atoms with Gasteiger partial charge in [-0.15, -0.1) is 0 Å². The lowest BCUT2D eigenvalue weighted by Crippen LogP contribution is -2.45. The summed E-state index contributed by atoms with van der Waals surface area (Å²) in [5.41, 5.74) is 2.51. The van der Waals surface area contributed by atoms with Crippen LogP contribution in [0.4, 0.5) is 0 Å². The van der Waals surface area contributed by atoms with Gasteiger partial charge in [0.2, 0.25) is 5.91 Å². The van der Waals surface area contributed by atoms with Crippen molar-refractivity contribution < 1.29 is 13.9 Å². The van der Waals surface area contributed by atoms with E-state index in [-0.39, 0.29) is 18.6 Å². The molecule has 2 atom stereocenters. The van der Waals surface area contributed by atoms with Gasteiger partial charge in [0.25, 0.3) is 0 Å². The second kappa shape index (κ2) is 9.01. The maximum atomic E-state index is 11.9.